The fourth-order valence-corrected chi connectivity index (χ4v) is 2.82. The maximum absolute atomic E-state index is 12.4. The lowest BCUT2D eigenvalue weighted by molar-refractivity contribution is -0.121. The molecule has 1 saturated carbocycles. The highest BCUT2D eigenvalue weighted by atomic mass is 16.1. The van der Waals surface area contributed by atoms with Crippen molar-refractivity contribution in [3.8, 4) is 0 Å². The highest BCUT2D eigenvalue weighted by Crippen LogP contribution is 2.40. The van der Waals surface area contributed by atoms with Crippen LogP contribution in [0.15, 0.2) is 42.6 Å². The van der Waals surface area contributed by atoms with Crippen LogP contribution in [0.2, 0.25) is 0 Å². The number of carbonyl (C=O) groups excluding carboxylic acids is 1. The lowest BCUT2D eigenvalue weighted by atomic mass is 10.0. The van der Waals surface area contributed by atoms with Crippen LogP contribution in [-0.2, 0) is 11.2 Å². The van der Waals surface area contributed by atoms with E-state index in [-0.39, 0.29) is 11.9 Å². The van der Waals surface area contributed by atoms with Crippen LogP contribution < -0.4 is 5.32 Å². The minimum absolute atomic E-state index is 0.0530. The number of hydrogen-bond donors (Lipinski definition) is 1. The molecule has 0 unspecified atom stereocenters. The number of pyridine rings is 1. The van der Waals surface area contributed by atoms with Gasteiger partial charge in [0, 0.05) is 6.20 Å². The number of hydrogen-bond acceptors (Lipinski definition) is 2. The van der Waals surface area contributed by atoms with Crippen molar-refractivity contribution < 1.29 is 4.79 Å². The third-order valence-corrected chi connectivity index (χ3v) is 4.11. The van der Waals surface area contributed by atoms with E-state index in [0.717, 1.165) is 11.3 Å². The van der Waals surface area contributed by atoms with E-state index in [1.807, 2.05) is 37.4 Å². The van der Waals surface area contributed by atoms with Crippen molar-refractivity contribution in [1.29, 1.82) is 0 Å². The molecule has 0 radical (unpaired) electrons. The van der Waals surface area contributed by atoms with Crippen LogP contribution in [0, 0.1) is 19.8 Å². The van der Waals surface area contributed by atoms with Crippen molar-refractivity contribution in [2.45, 2.75) is 39.2 Å². The summed E-state index contributed by atoms with van der Waals surface area (Å²) in [5, 5.41) is 3.19. The summed E-state index contributed by atoms with van der Waals surface area (Å²) in [6, 6.07) is 12.2. The Morgan fingerprint density at radius 1 is 1.23 bits per heavy atom. The van der Waals surface area contributed by atoms with Crippen molar-refractivity contribution >= 4 is 5.91 Å². The predicted molar refractivity (Wildman–Crippen MR) is 87.5 cm³/mol. The lowest BCUT2D eigenvalue weighted by Gasteiger charge is -2.18. The molecule has 3 heteroatoms. The summed E-state index contributed by atoms with van der Waals surface area (Å²) in [6.07, 6.45) is 4.60. The predicted octanol–water partition coefficient (Wildman–Crippen LogP) is 3.51. The molecule has 1 heterocycles. The Labute approximate surface area is 131 Å². The topological polar surface area (TPSA) is 42.0 Å². The van der Waals surface area contributed by atoms with Gasteiger partial charge in [0.25, 0.3) is 0 Å². The maximum atomic E-state index is 12.4. The molecule has 0 spiro atoms. The molecule has 0 aliphatic heterocycles. The van der Waals surface area contributed by atoms with Gasteiger partial charge in [0.1, 0.15) is 0 Å². The molecule has 1 aromatic carbocycles. The van der Waals surface area contributed by atoms with Gasteiger partial charge < -0.3 is 5.32 Å². The van der Waals surface area contributed by atoms with E-state index in [1.54, 1.807) is 0 Å². The summed E-state index contributed by atoms with van der Waals surface area (Å²) in [7, 11) is 0. The van der Waals surface area contributed by atoms with E-state index < -0.39 is 0 Å². The second-order valence-electron chi connectivity index (χ2n) is 6.31. The minimum atomic E-state index is 0.0530. The fourth-order valence-electron chi connectivity index (χ4n) is 2.82. The van der Waals surface area contributed by atoms with E-state index in [0.29, 0.717) is 12.3 Å². The van der Waals surface area contributed by atoms with Gasteiger partial charge in [-0.05, 0) is 55.9 Å². The van der Waals surface area contributed by atoms with Gasteiger partial charge in [-0.1, -0.05) is 29.8 Å². The Kier molecular flexibility index (Phi) is 4.23. The van der Waals surface area contributed by atoms with Gasteiger partial charge in [0.2, 0.25) is 5.91 Å². The number of aryl methyl sites for hydroxylation is 2. The number of rotatable bonds is 5. The number of carbonyl (C=O) groups is 1. The molecule has 3 rings (SSSR count). The van der Waals surface area contributed by atoms with E-state index in [4.69, 9.17) is 0 Å². The van der Waals surface area contributed by atoms with Crippen LogP contribution in [-0.4, -0.2) is 10.9 Å². The maximum Gasteiger partial charge on any atom is 0.224 e. The fraction of sp³-hybridized carbons (Fsp3) is 0.368. The number of nitrogens with zero attached hydrogens (tertiary/aromatic N) is 1. The minimum Gasteiger partial charge on any atom is -0.347 e. The SMILES string of the molecule is Cc1cccc(CC(=O)N[C@H](c2cc(C)ccn2)C2CC2)c1. The molecule has 0 bridgehead atoms. The van der Waals surface area contributed by atoms with E-state index in [1.165, 1.54) is 24.0 Å². The molecule has 1 aliphatic carbocycles. The van der Waals surface area contributed by atoms with Gasteiger partial charge in [-0.3, -0.25) is 9.78 Å². The zero-order valence-corrected chi connectivity index (χ0v) is 13.2. The van der Waals surface area contributed by atoms with Crippen LogP contribution >= 0.6 is 0 Å². The Morgan fingerprint density at radius 3 is 2.68 bits per heavy atom. The van der Waals surface area contributed by atoms with Crippen molar-refractivity contribution in [3.63, 3.8) is 0 Å². The molecular weight excluding hydrogens is 272 g/mol. The van der Waals surface area contributed by atoms with Gasteiger partial charge in [-0.15, -0.1) is 0 Å². The summed E-state index contributed by atoms with van der Waals surface area (Å²) < 4.78 is 0. The highest BCUT2D eigenvalue weighted by Gasteiger charge is 2.34. The zero-order chi connectivity index (χ0) is 15.5. The van der Waals surface area contributed by atoms with Crippen LogP contribution in [0.4, 0.5) is 0 Å². The first-order valence-corrected chi connectivity index (χ1v) is 7.89. The first-order chi connectivity index (χ1) is 10.6. The summed E-state index contributed by atoms with van der Waals surface area (Å²) in [5.74, 6) is 0.613. The molecule has 1 fully saturated rings. The van der Waals surface area contributed by atoms with Crippen molar-refractivity contribution in [1.82, 2.24) is 10.3 Å². The van der Waals surface area contributed by atoms with Gasteiger partial charge in [-0.2, -0.15) is 0 Å². The normalized spacial score (nSPS) is 15.4. The number of amides is 1. The second-order valence-corrected chi connectivity index (χ2v) is 6.31. The third kappa shape index (κ3) is 3.73. The first-order valence-electron chi connectivity index (χ1n) is 7.89. The van der Waals surface area contributed by atoms with Crippen LogP contribution in [0.3, 0.4) is 0 Å². The molecule has 0 saturated heterocycles. The molecule has 114 valence electrons. The van der Waals surface area contributed by atoms with Gasteiger partial charge in [0.05, 0.1) is 18.2 Å². The Bertz CT molecular complexity index is 677. The van der Waals surface area contributed by atoms with Crippen LogP contribution in [0.1, 0.15) is 41.3 Å². The second kappa shape index (κ2) is 6.30. The molecule has 1 amide bonds. The molecular formula is C19H22N2O. The smallest absolute Gasteiger partial charge is 0.224 e. The van der Waals surface area contributed by atoms with Crippen molar-refractivity contribution in [3.05, 3.63) is 65.0 Å². The lowest BCUT2D eigenvalue weighted by Crippen LogP contribution is -2.31. The van der Waals surface area contributed by atoms with Crippen LogP contribution in [0.25, 0.3) is 0 Å². The van der Waals surface area contributed by atoms with E-state index >= 15 is 0 Å². The number of nitrogens with one attached hydrogen (secondary N) is 1. The summed E-state index contributed by atoms with van der Waals surface area (Å²) >= 11 is 0. The molecule has 3 nitrogen and oxygen atoms in total. The first kappa shape index (κ1) is 14.8. The van der Waals surface area contributed by atoms with Gasteiger partial charge in [0.15, 0.2) is 0 Å². The Morgan fingerprint density at radius 2 is 2.00 bits per heavy atom. The summed E-state index contributed by atoms with van der Waals surface area (Å²) in [4.78, 5) is 16.8. The molecule has 1 aliphatic rings. The molecule has 1 atom stereocenters. The largest absolute Gasteiger partial charge is 0.347 e. The highest BCUT2D eigenvalue weighted by molar-refractivity contribution is 5.79. The Hall–Kier alpha value is -2.16. The molecule has 22 heavy (non-hydrogen) atoms. The standard InChI is InChI=1S/C19H22N2O/c1-13-4-3-5-15(10-13)12-18(22)21-19(16-6-7-16)17-11-14(2)8-9-20-17/h3-5,8-11,16,19H,6-7,12H2,1-2H3,(H,21,22)/t19-/m0/s1. The average Bonchev–Trinajstić information content (AvgIpc) is 3.29. The molecule has 2 aromatic rings. The quantitative estimate of drug-likeness (QED) is 0.917. The van der Waals surface area contributed by atoms with Crippen molar-refractivity contribution in [2.24, 2.45) is 5.92 Å². The van der Waals surface area contributed by atoms with E-state index in [2.05, 4.69) is 29.4 Å². The van der Waals surface area contributed by atoms with Crippen molar-refractivity contribution in [2.75, 3.05) is 0 Å². The number of aromatic nitrogens is 1. The van der Waals surface area contributed by atoms with Gasteiger partial charge >= 0.3 is 0 Å². The number of benzene rings is 1. The monoisotopic (exact) mass is 294 g/mol. The summed E-state index contributed by atoms with van der Waals surface area (Å²) in [5.41, 5.74) is 4.41. The van der Waals surface area contributed by atoms with E-state index in [9.17, 15) is 4.79 Å². The molecule has 1 aromatic heterocycles. The van der Waals surface area contributed by atoms with Crippen LogP contribution in [0.5, 0.6) is 0 Å². The molecule has 1 N–H and O–H groups in total. The third-order valence-electron chi connectivity index (χ3n) is 4.11. The average molecular weight is 294 g/mol. The zero-order valence-electron chi connectivity index (χ0n) is 13.2. The van der Waals surface area contributed by atoms with Gasteiger partial charge in [-0.25, -0.2) is 0 Å². The Balaban J connectivity index is 1.70. The summed E-state index contributed by atoms with van der Waals surface area (Å²) in [6.45, 7) is 4.11.